The van der Waals surface area contributed by atoms with Crippen LogP contribution in [0.3, 0.4) is 0 Å². The molecule has 2 aromatic carbocycles. The second-order valence-corrected chi connectivity index (χ2v) is 4.62. The van der Waals surface area contributed by atoms with E-state index in [4.69, 9.17) is 0 Å². The van der Waals surface area contributed by atoms with Gasteiger partial charge in [-0.25, -0.2) is 0 Å². The molecule has 0 spiro atoms. The Kier molecular flexibility index (Phi) is 4.18. The highest BCUT2D eigenvalue weighted by molar-refractivity contribution is 5.94. The quantitative estimate of drug-likeness (QED) is 0.909. The fourth-order valence-corrected chi connectivity index (χ4v) is 1.82. The Morgan fingerprint density at radius 3 is 2.47 bits per heavy atom. The smallest absolute Gasteiger partial charge is 0.253 e. The van der Waals surface area contributed by atoms with Crippen LogP contribution in [0.25, 0.3) is 0 Å². The first kappa shape index (κ1) is 13.1. The number of hydrogen-bond acceptors (Lipinski definition) is 2. The van der Waals surface area contributed by atoms with Gasteiger partial charge in [-0.3, -0.25) is 4.79 Å². The van der Waals surface area contributed by atoms with E-state index in [-0.39, 0.29) is 5.91 Å². The van der Waals surface area contributed by atoms with Gasteiger partial charge in [-0.05, 0) is 23.8 Å². The van der Waals surface area contributed by atoms with Gasteiger partial charge in [0.15, 0.2) is 0 Å². The van der Waals surface area contributed by atoms with Crippen LogP contribution in [0.2, 0.25) is 0 Å². The summed E-state index contributed by atoms with van der Waals surface area (Å²) in [5, 5.41) is 3.32. The summed E-state index contributed by atoms with van der Waals surface area (Å²) in [5.41, 5.74) is 2.87. The molecule has 0 saturated heterocycles. The minimum absolute atomic E-state index is 0.0170. The lowest BCUT2D eigenvalue weighted by Crippen LogP contribution is -2.21. The summed E-state index contributed by atoms with van der Waals surface area (Å²) in [6.45, 7) is 0.750. The van der Waals surface area contributed by atoms with Gasteiger partial charge in [-0.2, -0.15) is 0 Å². The molecule has 2 rings (SSSR count). The van der Waals surface area contributed by atoms with Crippen LogP contribution in [0.4, 0.5) is 5.69 Å². The van der Waals surface area contributed by atoms with Crippen LogP contribution < -0.4 is 5.32 Å². The van der Waals surface area contributed by atoms with Crippen molar-refractivity contribution in [2.24, 2.45) is 0 Å². The summed E-state index contributed by atoms with van der Waals surface area (Å²) in [5.74, 6) is 0.0170. The fraction of sp³-hybridized carbons (Fsp3) is 0.188. The summed E-state index contributed by atoms with van der Waals surface area (Å²) in [7, 11) is 3.51. The Labute approximate surface area is 113 Å². The number of nitrogens with zero attached hydrogens (tertiary/aromatic N) is 1. The van der Waals surface area contributed by atoms with E-state index in [1.54, 1.807) is 19.0 Å². The maximum atomic E-state index is 11.9. The number of nitrogens with one attached hydrogen (secondary N) is 1. The molecule has 0 unspecified atom stereocenters. The molecule has 3 heteroatoms. The van der Waals surface area contributed by atoms with E-state index in [9.17, 15) is 4.79 Å². The molecule has 19 heavy (non-hydrogen) atoms. The molecule has 0 bridgehead atoms. The zero-order valence-corrected chi connectivity index (χ0v) is 11.3. The highest BCUT2D eigenvalue weighted by Gasteiger charge is 2.07. The Morgan fingerprint density at radius 2 is 1.79 bits per heavy atom. The van der Waals surface area contributed by atoms with Crippen LogP contribution in [-0.2, 0) is 6.54 Å². The SMILES string of the molecule is CN(C)C(=O)c1cccc(NCc2ccccc2)c1. The normalized spacial score (nSPS) is 10.0. The topological polar surface area (TPSA) is 32.3 Å². The summed E-state index contributed by atoms with van der Waals surface area (Å²) in [6.07, 6.45) is 0. The number of rotatable bonds is 4. The third-order valence-corrected chi connectivity index (χ3v) is 2.86. The fourth-order valence-electron chi connectivity index (χ4n) is 1.82. The predicted octanol–water partition coefficient (Wildman–Crippen LogP) is 3.00. The minimum Gasteiger partial charge on any atom is -0.381 e. The van der Waals surface area contributed by atoms with E-state index >= 15 is 0 Å². The largest absolute Gasteiger partial charge is 0.381 e. The average molecular weight is 254 g/mol. The maximum absolute atomic E-state index is 11.9. The summed E-state index contributed by atoms with van der Waals surface area (Å²) in [4.78, 5) is 13.4. The molecule has 0 saturated carbocycles. The molecule has 0 atom stereocenters. The Hall–Kier alpha value is -2.29. The molecule has 1 amide bonds. The molecule has 0 fully saturated rings. The predicted molar refractivity (Wildman–Crippen MR) is 78.2 cm³/mol. The van der Waals surface area contributed by atoms with Crippen molar-refractivity contribution >= 4 is 11.6 Å². The summed E-state index contributed by atoms with van der Waals surface area (Å²) in [6, 6.07) is 17.7. The van der Waals surface area contributed by atoms with Crippen LogP contribution in [-0.4, -0.2) is 24.9 Å². The molecule has 0 aliphatic carbocycles. The van der Waals surface area contributed by atoms with Gasteiger partial charge in [0, 0.05) is 31.9 Å². The first-order valence-corrected chi connectivity index (χ1v) is 6.26. The van der Waals surface area contributed by atoms with Crippen molar-refractivity contribution in [1.82, 2.24) is 4.90 Å². The van der Waals surface area contributed by atoms with Crippen LogP contribution in [0.15, 0.2) is 54.6 Å². The second-order valence-electron chi connectivity index (χ2n) is 4.62. The lowest BCUT2D eigenvalue weighted by Gasteiger charge is -2.12. The van der Waals surface area contributed by atoms with E-state index in [0.29, 0.717) is 5.56 Å². The van der Waals surface area contributed by atoms with Crippen molar-refractivity contribution in [2.45, 2.75) is 6.54 Å². The first-order chi connectivity index (χ1) is 9.16. The highest BCUT2D eigenvalue weighted by atomic mass is 16.2. The summed E-state index contributed by atoms with van der Waals surface area (Å²) >= 11 is 0. The van der Waals surface area contributed by atoms with Crippen molar-refractivity contribution < 1.29 is 4.79 Å². The molecular weight excluding hydrogens is 236 g/mol. The third kappa shape index (κ3) is 3.58. The molecule has 0 aromatic heterocycles. The van der Waals surface area contributed by atoms with E-state index in [1.807, 2.05) is 42.5 Å². The van der Waals surface area contributed by atoms with Gasteiger partial charge in [-0.15, -0.1) is 0 Å². The van der Waals surface area contributed by atoms with Crippen LogP contribution >= 0.6 is 0 Å². The molecule has 3 nitrogen and oxygen atoms in total. The van der Waals surface area contributed by atoms with Gasteiger partial charge >= 0.3 is 0 Å². The third-order valence-electron chi connectivity index (χ3n) is 2.86. The van der Waals surface area contributed by atoms with E-state index in [0.717, 1.165) is 12.2 Å². The highest BCUT2D eigenvalue weighted by Crippen LogP contribution is 2.13. The van der Waals surface area contributed by atoms with Gasteiger partial charge < -0.3 is 10.2 Å². The molecule has 2 aromatic rings. The Morgan fingerprint density at radius 1 is 1.05 bits per heavy atom. The number of benzene rings is 2. The zero-order valence-electron chi connectivity index (χ0n) is 11.3. The maximum Gasteiger partial charge on any atom is 0.253 e. The standard InChI is InChI=1S/C16H18N2O/c1-18(2)16(19)14-9-6-10-15(11-14)17-12-13-7-4-3-5-8-13/h3-11,17H,12H2,1-2H3. The molecule has 0 aliphatic heterocycles. The molecular formula is C16H18N2O. The van der Waals surface area contributed by atoms with Crippen LogP contribution in [0, 0.1) is 0 Å². The van der Waals surface area contributed by atoms with Crippen LogP contribution in [0.1, 0.15) is 15.9 Å². The molecule has 1 N–H and O–H groups in total. The Balaban J connectivity index is 2.05. The van der Waals surface area contributed by atoms with Gasteiger partial charge in [0.1, 0.15) is 0 Å². The summed E-state index contributed by atoms with van der Waals surface area (Å²) < 4.78 is 0. The number of amides is 1. The van der Waals surface area contributed by atoms with Crippen molar-refractivity contribution in [2.75, 3.05) is 19.4 Å². The van der Waals surface area contributed by atoms with Crippen molar-refractivity contribution in [3.8, 4) is 0 Å². The van der Waals surface area contributed by atoms with E-state index < -0.39 is 0 Å². The molecule has 0 radical (unpaired) electrons. The van der Waals surface area contributed by atoms with Crippen molar-refractivity contribution in [1.29, 1.82) is 0 Å². The average Bonchev–Trinajstić information content (AvgIpc) is 2.45. The second kappa shape index (κ2) is 6.05. The van der Waals surface area contributed by atoms with E-state index in [1.165, 1.54) is 5.56 Å². The molecule has 0 heterocycles. The number of carbonyl (C=O) groups is 1. The van der Waals surface area contributed by atoms with Crippen molar-refractivity contribution in [3.05, 3.63) is 65.7 Å². The minimum atomic E-state index is 0.0170. The molecule has 0 aliphatic rings. The van der Waals surface area contributed by atoms with Gasteiger partial charge in [-0.1, -0.05) is 36.4 Å². The van der Waals surface area contributed by atoms with Crippen LogP contribution in [0.5, 0.6) is 0 Å². The Bertz CT molecular complexity index is 550. The lowest BCUT2D eigenvalue weighted by molar-refractivity contribution is 0.0827. The monoisotopic (exact) mass is 254 g/mol. The van der Waals surface area contributed by atoms with Gasteiger partial charge in [0.25, 0.3) is 5.91 Å². The first-order valence-electron chi connectivity index (χ1n) is 6.26. The van der Waals surface area contributed by atoms with Gasteiger partial charge in [0.05, 0.1) is 0 Å². The van der Waals surface area contributed by atoms with E-state index in [2.05, 4.69) is 17.4 Å². The number of anilines is 1. The number of carbonyl (C=O) groups excluding carboxylic acids is 1. The zero-order chi connectivity index (χ0) is 13.7. The lowest BCUT2D eigenvalue weighted by atomic mass is 10.1. The van der Waals surface area contributed by atoms with Crippen molar-refractivity contribution in [3.63, 3.8) is 0 Å². The molecule has 98 valence electrons. The number of hydrogen-bond donors (Lipinski definition) is 1. The van der Waals surface area contributed by atoms with Gasteiger partial charge in [0.2, 0.25) is 0 Å².